The van der Waals surface area contributed by atoms with Gasteiger partial charge in [-0.05, 0) is 38.0 Å². The molecule has 0 bridgehead atoms. The highest BCUT2D eigenvalue weighted by Gasteiger charge is 2.09. The highest BCUT2D eigenvalue weighted by molar-refractivity contribution is 7.15. The van der Waals surface area contributed by atoms with E-state index in [0.29, 0.717) is 6.42 Å². The molecule has 3 heteroatoms. The van der Waals surface area contributed by atoms with Crippen molar-refractivity contribution >= 4 is 11.3 Å². The van der Waals surface area contributed by atoms with Gasteiger partial charge < -0.3 is 0 Å². The molecule has 17 heavy (non-hydrogen) atoms. The van der Waals surface area contributed by atoms with Crippen LogP contribution in [0, 0.1) is 32.1 Å². The van der Waals surface area contributed by atoms with Crippen molar-refractivity contribution in [3.8, 4) is 16.6 Å². The molecular weight excluding hydrogens is 228 g/mol. The molecule has 0 saturated heterocycles. The summed E-state index contributed by atoms with van der Waals surface area (Å²) >= 11 is 1.62. The van der Waals surface area contributed by atoms with Crippen LogP contribution in [-0.4, -0.2) is 4.98 Å². The van der Waals surface area contributed by atoms with Crippen molar-refractivity contribution in [3.63, 3.8) is 0 Å². The number of nitrogens with zero attached hydrogens (tertiary/aromatic N) is 2. The molecule has 0 N–H and O–H groups in total. The molecule has 1 heterocycles. The number of hydrogen-bond acceptors (Lipinski definition) is 3. The van der Waals surface area contributed by atoms with Crippen LogP contribution in [-0.2, 0) is 6.42 Å². The second-order valence-corrected chi connectivity index (χ2v) is 5.25. The van der Waals surface area contributed by atoms with Crippen molar-refractivity contribution in [2.75, 3.05) is 0 Å². The quantitative estimate of drug-likeness (QED) is 0.803. The van der Waals surface area contributed by atoms with E-state index < -0.39 is 0 Å². The zero-order chi connectivity index (χ0) is 12.4. The molecule has 86 valence electrons. The summed E-state index contributed by atoms with van der Waals surface area (Å²) in [4.78, 5) is 5.61. The maximum atomic E-state index is 8.73. The highest BCUT2D eigenvalue weighted by Crippen LogP contribution is 2.29. The Kier molecular flexibility index (Phi) is 3.26. The van der Waals surface area contributed by atoms with Crippen molar-refractivity contribution < 1.29 is 0 Å². The van der Waals surface area contributed by atoms with Gasteiger partial charge in [-0.3, -0.25) is 0 Å². The zero-order valence-corrected chi connectivity index (χ0v) is 11.1. The molecule has 0 unspecified atom stereocenters. The second-order valence-electron chi connectivity index (χ2n) is 4.16. The molecule has 0 atom stereocenters. The Hall–Kier alpha value is -1.66. The summed E-state index contributed by atoms with van der Waals surface area (Å²) in [6.45, 7) is 6.18. The molecule has 0 amide bonds. The van der Waals surface area contributed by atoms with Gasteiger partial charge in [0.2, 0.25) is 0 Å². The topological polar surface area (TPSA) is 36.7 Å². The van der Waals surface area contributed by atoms with Gasteiger partial charge in [0.25, 0.3) is 0 Å². The fourth-order valence-electron chi connectivity index (χ4n) is 1.66. The minimum Gasteiger partial charge on any atom is -0.241 e. The molecule has 0 aliphatic carbocycles. The fraction of sp³-hybridized carbons (Fsp3) is 0.286. The smallest absolute Gasteiger partial charge is 0.123 e. The summed E-state index contributed by atoms with van der Waals surface area (Å²) < 4.78 is 0. The summed E-state index contributed by atoms with van der Waals surface area (Å²) in [6.07, 6.45) is 0.453. The van der Waals surface area contributed by atoms with Gasteiger partial charge >= 0.3 is 0 Å². The fourth-order valence-corrected chi connectivity index (χ4v) is 2.65. The SMILES string of the molecule is Cc1ccc(-c2nc(C)c(CC#N)s2)cc1C. The van der Waals surface area contributed by atoms with E-state index >= 15 is 0 Å². The van der Waals surface area contributed by atoms with Gasteiger partial charge in [0.05, 0.1) is 18.2 Å². The Morgan fingerprint density at radius 2 is 2.00 bits per heavy atom. The van der Waals surface area contributed by atoms with Gasteiger partial charge in [0.15, 0.2) is 0 Å². The van der Waals surface area contributed by atoms with Crippen molar-refractivity contribution in [2.45, 2.75) is 27.2 Å². The van der Waals surface area contributed by atoms with Crippen molar-refractivity contribution in [2.24, 2.45) is 0 Å². The highest BCUT2D eigenvalue weighted by atomic mass is 32.1. The van der Waals surface area contributed by atoms with E-state index in [4.69, 9.17) is 5.26 Å². The van der Waals surface area contributed by atoms with Crippen LogP contribution >= 0.6 is 11.3 Å². The molecular formula is C14H14N2S. The number of hydrogen-bond donors (Lipinski definition) is 0. The molecule has 0 radical (unpaired) electrons. The summed E-state index contributed by atoms with van der Waals surface area (Å²) in [6, 6.07) is 8.55. The molecule has 0 spiro atoms. The van der Waals surface area contributed by atoms with Crippen molar-refractivity contribution in [1.82, 2.24) is 4.98 Å². The van der Waals surface area contributed by atoms with E-state index in [1.807, 2.05) is 6.92 Å². The first kappa shape index (κ1) is 11.8. The average molecular weight is 242 g/mol. The third kappa shape index (κ3) is 2.37. The Morgan fingerprint density at radius 1 is 1.24 bits per heavy atom. The molecule has 0 aliphatic rings. The molecule has 2 rings (SSSR count). The number of rotatable bonds is 2. The largest absolute Gasteiger partial charge is 0.241 e. The van der Waals surface area contributed by atoms with Gasteiger partial charge in [0, 0.05) is 10.4 Å². The third-order valence-corrected chi connectivity index (χ3v) is 4.09. The van der Waals surface area contributed by atoms with Crippen molar-refractivity contribution in [1.29, 1.82) is 5.26 Å². The Balaban J connectivity index is 2.43. The van der Waals surface area contributed by atoms with E-state index in [2.05, 4.69) is 43.1 Å². The molecule has 0 saturated carbocycles. The van der Waals surface area contributed by atoms with Gasteiger partial charge in [-0.25, -0.2) is 4.98 Å². The van der Waals surface area contributed by atoms with E-state index in [9.17, 15) is 0 Å². The molecule has 0 aliphatic heterocycles. The lowest BCUT2D eigenvalue weighted by molar-refractivity contribution is 1.18. The lowest BCUT2D eigenvalue weighted by atomic mass is 10.1. The van der Waals surface area contributed by atoms with E-state index in [0.717, 1.165) is 21.1 Å². The molecule has 2 aromatic rings. The molecule has 1 aromatic carbocycles. The van der Waals surface area contributed by atoms with Crippen LogP contribution in [0.25, 0.3) is 10.6 Å². The number of nitriles is 1. The molecule has 1 aromatic heterocycles. The van der Waals surface area contributed by atoms with Crippen LogP contribution < -0.4 is 0 Å². The zero-order valence-electron chi connectivity index (χ0n) is 10.2. The van der Waals surface area contributed by atoms with Gasteiger partial charge in [0.1, 0.15) is 5.01 Å². The van der Waals surface area contributed by atoms with Crippen LogP contribution in [0.3, 0.4) is 0 Å². The number of thiazole rings is 1. The standard InChI is InChI=1S/C14H14N2S/c1-9-4-5-12(8-10(9)2)14-16-11(3)13(17-14)6-7-15/h4-5,8H,6H2,1-3H3. The summed E-state index contributed by atoms with van der Waals surface area (Å²) in [5.41, 5.74) is 4.69. The monoisotopic (exact) mass is 242 g/mol. The predicted molar refractivity (Wildman–Crippen MR) is 71.1 cm³/mol. The van der Waals surface area contributed by atoms with Crippen LogP contribution in [0.1, 0.15) is 21.7 Å². The second kappa shape index (κ2) is 4.68. The van der Waals surface area contributed by atoms with Crippen LogP contribution in [0.2, 0.25) is 0 Å². The van der Waals surface area contributed by atoms with Crippen molar-refractivity contribution in [3.05, 3.63) is 39.9 Å². The molecule has 2 nitrogen and oxygen atoms in total. The van der Waals surface area contributed by atoms with Gasteiger partial charge in [-0.1, -0.05) is 12.1 Å². The Morgan fingerprint density at radius 3 is 2.65 bits per heavy atom. The van der Waals surface area contributed by atoms with Crippen LogP contribution in [0.4, 0.5) is 0 Å². The summed E-state index contributed by atoms with van der Waals surface area (Å²) in [5, 5.41) is 9.74. The van der Waals surface area contributed by atoms with E-state index in [1.54, 1.807) is 11.3 Å². The number of benzene rings is 1. The van der Waals surface area contributed by atoms with Gasteiger partial charge in [-0.15, -0.1) is 11.3 Å². The first-order valence-corrected chi connectivity index (χ1v) is 6.34. The maximum Gasteiger partial charge on any atom is 0.123 e. The van der Waals surface area contributed by atoms with Crippen LogP contribution in [0.5, 0.6) is 0 Å². The maximum absolute atomic E-state index is 8.73. The van der Waals surface area contributed by atoms with Gasteiger partial charge in [-0.2, -0.15) is 5.26 Å². The minimum absolute atomic E-state index is 0.453. The summed E-state index contributed by atoms with van der Waals surface area (Å²) in [5.74, 6) is 0. The van der Waals surface area contributed by atoms with E-state index in [1.165, 1.54) is 11.1 Å². The van der Waals surface area contributed by atoms with Crippen LogP contribution in [0.15, 0.2) is 18.2 Å². The number of aryl methyl sites for hydroxylation is 3. The number of aromatic nitrogens is 1. The lowest BCUT2D eigenvalue weighted by Crippen LogP contribution is -1.83. The predicted octanol–water partition coefficient (Wildman–Crippen LogP) is 3.80. The first-order chi connectivity index (χ1) is 8.11. The average Bonchev–Trinajstić information content (AvgIpc) is 2.65. The summed E-state index contributed by atoms with van der Waals surface area (Å²) in [7, 11) is 0. The van der Waals surface area contributed by atoms with E-state index in [-0.39, 0.29) is 0 Å². The Bertz CT molecular complexity index is 591. The normalized spacial score (nSPS) is 10.2. The lowest BCUT2D eigenvalue weighted by Gasteiger charge is -2.01. The Labute approximate surface area is 106 Å². The minimum atomic E-state index is 0.453. The first-order valence-electron chi connectivity index (χ1n) is 5.52. The third-order valence-electron chi connectivity index (χ3n) is 2.89. The molecule has 0 fully saturated rings.